The number of carbonyl (C=O) groups is 1. The Bertz CT molecular complexity index is 927. The molecule has 0 aliphatic carbocycles. The fourth-order valence-electron chi connectivity index (χ4n) is 3.57. The number of aliphatic hydroxyl groups excluding tert-OH is 1. The number of nitrogens with one attached hydrogen (secondary N) is 1. The molecule has 3 heterocycles. The van der Waals surface area contributed by atoms with E-state index in [4.69, 9.17) is 0 Å². The third-order valence-electron chi connectivity index (χ3n) is 5.03. The molecule has 0 unspecified atom stereocenters. The minimum Gasteiger partial charge on any atom is -0.388 e. The fraction of sp³-hybridized carbons (Fsp3) is 0.300. The third-order valence-corrected chi connectivity index (χ3v) is 6.79. The van der Waals surface area contributed by atoms with E-state index >= 15 is 0 Å². The van der Waals surface area contributed by atoms with Crippen LogP contribution in [0.1, 0.15) is 12.0 Å². The topological polar surface area (TPSA) is 91.2 Å². The number of aromatic nitrogens is 3. The highest BCUT2D eigenvalue weighted by atomic mass is 32.2. The first-order chi connectivity index (χ1) is 14.2. The lowest BCUT2D eigenvalue weighted by Gasteiger charge is -2.46. The average Bonchev–Trinajstić information content (AvgIpc) is 3.30. The average molecular weight is 428 g/mol. The molecule has 2 atom stereocenters. The predicted molar refractivity (Wildman–Crippen MR) is 114 cm³/mol. The van der Waals surface area contributed by atoms with Crippen molar-refractivity contribution in [3.8, 4) is 0 Å². The molecular formula is C20H21N5O2S2. The zero-order valence-electron chi connectivity index (χ0n) is 15.6. The first-order valence-corrected chi connectivity index (χ1v) is 11.1. The van der Waals surface area contributed by atoms with E-state index in [-0.39, 0.29) is 11.7 Å². The lowest BCUT2D eigenvalue weighted by Crippen LogP contribution is -2.62. The number of hydrogen-bond donors (Lipinski definition) is 2. The van der Waals surface area contributed by atoms with E-state index in [0.717, 1.165) is 15.6 Å². The van der Waals surface area contributed by atoms with Gasteiger partial charge in [-0.15, -0.1) is 22.0 Å². The van der Waals surface area contributed by atoms with Gasteiger partial charge in [0.05, 0.1) is 17.4 Å². The fourth-order valence-corrected chi connectivity index (χ4v) is 4.85. The molecular weight excluding hydrogens is 406 g/mol. The number of benzene rings is 1. The Labute approximate surface area is 177 Å². The van der Waals surface area contributed by atoms with E-state index in [9.17, 15) is 9.90 Å². The molecule has 2 aromatic heterocycles. The second kappa shape index (κ2) is 8.89. The van der Waals surface area contributed by atoms with Gasteiger partial charge >= 0.3 is 0 Å². The molecule has 0 radical (unpaired) electrons. The van der Waals surface area contributed by atoms with E-state index in [0.29, 0.717) is 19.5 Å². The molecule has 1 fully saturated rings. The van der Waals surface area contributed by atoms with Crippen LogP contribution in [0.4, 0.5) is 5.13 Å². The number of hydrogen-bond acceptors (Lipinski definition) is 8. The number of carbonyl (C=O) groups excluding carboxylic acids is 1. The summed E-state index contributed by atoms with van der Waals surface area (Å²) in [7, 11) is 0. The van der Waals surface area contributed by atoms with Crippen LogP contribution < -0.4 is 10.2 Å². The number of rotatable bonds is 6. The summed E-state index contributed by atoms with van der Waals surface area (Å²) in [6.45, 7) is 1.04. The van der Waals surface area contributed by atoms with E-state index in [2.05, 4.69) is 20.5 Å². The molecule has 0 saturated carbocycles. The zero-order valence-corrected chi connectivity index (χ0v) is 17.3. The van der Waals surface area contributed by atoms with Crippen LogP contribution in [0.5, 0.6) is 0 Å². The summed E-state index contributed by atoms with van der Waals surface area (Å²) in [6.07, 6.45) is 3.21. The lowest BCUT2D eigenvalue weighted by atomic mass is 9.78. The number of β-amino-alcohol motifs (C(OH)–C–C–N with tert-alkyl or cyclic N) is 1. The molecule has 0 spiro atoms. The van der Waals surface area contributed by atoms with Gasteiger partial charge in [-0.05, 0) is 24.1 Å². The quantitative estimate of drug-likeness (QED) is 0.583. The monoisotopic (exact) mass is 427 g/mol. The summed E-state index contributed by atoms with van der Waals surface area (Å²) in [6, 6.07) is 13.5. The van der Waals surface area contributed by atoms with Crippen LogP contribution >= 0.6 is 23.1 Å². The Balaban J connectivity index is 1.52. The largest absolute Gasteiger partial charge is 0.388 e. The summed E-state index contributed by atoms with van der Waals surface area (Å²) in [5, 5.41) is 23.1. The van der Waals surface area contributed by atoms with Crippen LogP contribution in [0.2, 0.25) is 0 Å². The van der Waals surface area contributed by atoms with Gasteiger partial charge in [-0.25, -0.2) is 0 Å². The van der Waals surface area contributed by atoms with Crippen molar-refractivity contribution in [2.24, 2.45) is 0 Å². The molecule has 1 aliphatic heterocycles. The summed E-state index contributed by atoms with van der Waals surface area (Å²) >= 11 is 2.89. The number of pyridine rings is 1. The Morgan fingerprint density at radius 3 is 2.76 bits per heavy atom. The summed E-state index contributed by atoms with van der Waals surface area (Å²) < 4.78 is 0. The maximum atomic E-state index is 12.8. The van der Waals surface area contributed by atoms with Crippen LogP contribution in [-0.4, -0.2) is 51.1 Å². The van der Waals surface area contributed by atoms with Gasteiger partial charge in [-0.3, -0.25) is 9.78 Å². The minimum atomic E-state index is -0.835. The zero-order chi connectivity index (χ0) is 20.1. The highest BCUT2D eigenvalue weighted by molar-refractivity contribution is 8.00. The summed E-state index contributed by atoms with van der Waals surface area (Å²) in [5.41, 5.74) is 1.75. The Morgan fingerprint density at radius 1 is 1.28 bits per heavy atom. The second-order valence-corrected chi connectivity index (χ2v) is 8.65. The molecule has 1 amide bonds. The number of nitrogens with zero attached hydrogens (tertiary/aromatic N) is 4. The van der Waals surface area contributed by atoms with Crippen molar-refractivity contribution < 1.29 is 9.90 Å². The van der Waals surface area contributed by atoms with E-state index in [1.165, 1.54) is 23.1 Å². The molecule has 0 bridgehead atoms. The van der Waals surface area contributed by atoms with Crippen molar-refractivity contribution in [3.63, 3.8) is 0 Å². The Morgan fingerprint density at radius 2 is 2.07 bits per heavy atom. The van der Waals surface area contributed by atoms with Crippen molar-refractivity contribution >= 4 is 34.1 Å². The molecule has 9 heteroatoms. The first-order valence-electron chi connectivity index (χ1n) is 9.26. The molecule has 1 aliphatic rings. The van der Waals surface area contributed by atoms with Crippen LogP contribution in [-0.2, 0) is 10.3 Å². The van der Waals surface area contributed by atoms with Gasteiger partial charge < -0.3 is 15.3 Å². The lowest BCUT2D eigenvalue weighted by molar-refractivity contribution is -0.123. The first kappa shape index (κ1) is 19.8. The third kappa shape index (κ3) is 4.42. The molecule has 150 valence electrons. The van der Waals surface area contributed by atoms with Crippen LogP contribution in [0.15, 0.2) is 65.3 Å². The van der Waals surface area contributed by atoms with Crippen molar-refractivity contribution in [3.05, 3.63) is 65.9 Å². The summed E-state index contributed by atoms with van der Waals surface area (Å²) in [4.78, 5) is 19.8. The minimum absolute atomic E-state index is 0.112. The molecule has 1 saturated heterocycles. The van der Waals surface area contributed by atoms with Crippen molar-refractivity contribution in [2.75, 3.05) is 23.7 Å². The second-order valence-electron chi connectivity index (χ2n) is 6.79. The molecule has 7 nitrogen and oxygen atoms in total. The predicted octanol–water partition coefficient (Wildman–Crippen LogP) is 2.31. The SMILES string of the molecule is O=C(CSc1ccncc1)N[C@]1(c2ccccc2)CCN(c2nncs2)C[C@H]1O. The highest BCUT2D eigenvalue weighted by Crippen LogP contribution is 2.35. The van der Waals surface area contributed by atoms with Gasteiger partial charge in [0.1, 0.15) is 5.51 Å². The van der Waals surface area contributed by atoms with E-state index < -0.39 is 11.6 Å². The maximum absolute atomic E-state index is 12.8. The van der Waals surface area contributed by atoms with Gasteiger partial charge in [-0.2, -0.15) is 0 Å². The molecule has 4 rings (SSSR count). The number of piperidine rings is 1. The van der Waals surface area contributed by atoms with Gasteiger partial charge in [0.2, 0.25) is 11.0 Å². The Kier molecular flexibility index (Phi) is 6.08. The highest BCUT2D eigenvalue weighted by Gasteiger charge is 2.45. The molecule has 29 heavy (non-hydrogen) atoms. The van der Waals surface area contributed by atoms with Crippen LogP contribution in [0, 0.1) is 0 Å². The van der Waals surface area contributed by atoms with Crippen molar-refractivity contribution in [1.29, 1.82) is 0 Å². The van der Waals surface area contributed by atoms with Crippen LogP contribution in [0.3, 0.4) is 0 Å². The summed E-state index contributed by atoms with van der Waals surface area (Å²) in [5.74, 6) is 0.157. The molecule has 2 N–H and O–H groups in total. The van der Waals surface area contributed by atoms with Crippen molar-refractivity contribution in [2.45, 2.75) is 23.0 Å². The van der Waals surface area contributed by atoms with Crippen LogP contribution in [0.25, 0.3) is 0 Å². The molecule has 3 aromatic rings. The van der Waals surface area contributed by atoms with E-state index in [1.807, 2.05) is 47.4 Å². The number of amides is 1. The molecule has 1 aromatic carbocycles. The standard InChI is InChI=1S/C20H21N5O2S2/c26-17-12-25(19-24-22-14-29-19)11-8-20(17,15-4-2-1-3-5-15)23-18(27)13-28-16-6-9-21-10-7-16/h1-7,9-10,14,17,26H,8,11-13H2,(H,23,27)/t17-,20+/m1/s1. The maximum Gasteiger partial charge on any atom is 0.231 e. The Hall–Kier alpha value is -2.49. The normalized spacial score (nSPS) is 21.7. The number of aliphatic hydroxyl groups is 1. The van der Waals surface area contributed by atoms with Crippen molar-refractivity contribution in [1.82, 2.24) is 20.5 Å². The van der Waals surface area contributed by atoms with Gasteiger partial charge in [-0.1, -0.05) is 41.7 Å². The van der Waals surface area contributed by atoms with Gasteiger partial charge in [0, 0.05) is 30.4 Å². The number of anilines is 1. The number of thioether (sulfide) groups is 1. The van der Waals surface area contributed by atoms with E-state index in [1.54, 1.807) is 17.9 Å². The van der Waals surface area contributed by atoms with Gasteiger partial charge in [0.15, 0.2) is 0 Å². The van der Waals surface area contributed by atoms with Gasteiger partial charge in [0.25, 0.3) is 0 Å². The smallest absolute Gasteiger partial charge is 0.231 e.